The second-order valence-electron chi connectivity index (χ2n) is 5.19. The highest BCUT2D eigenvalue weighted by Gasteiger charge is 2.29. The first-order chi connectivity index (χ1) is 13.0. The van der Waals surface area contributed by atoms with Crippen LogP contribution in [0.5, 0.6) is 5.75 Å². The molecule has 2 rings (SSSR count). The number of sulfonamides is 1. The van der Waals surface area contributed by atoms with Crippen LogP contribution in [0.2, 0.25) is 0 Å². The van der Waals surface area contributed by atoms with E-state index in [-0.39, 0.29) is 11.8 Å². The van der Waals surface area contributed by atoms with E-state index in [2.05, 4.69) is 0 Å². The molecule has 0 aliphatic rings. The second-order valence-corrected chi connectivity index (χ2v) is 6.84. The number of carbonyl (C=O) groups is 1. The predicted octanol–water partition coefficient (Wildman–Crippen LogP) is 2.66. The summed E-state index contributed by atoms with van der Waals surface area (Å²) in [6.45, 7) is 0. The Bertz CT molecular complexity index is 1040. The summed E-state index contributed by atoms with van der Waals surface area (Å²) in [6, 6.07) is 5.17. The molecule has 6 nitrogen and oxygen atoms in total. The number of hydrogen-bond donors (Lipinski definition) is 2. The summed E-state index contributed by atoms with van der Waals surface area (Å²) in [7, 11) is -3.48. The van der Waals surface area contributed by atoms with Crippen LogP contribution in [0.15, 0.2) is 29.2 Å². The Morgan fingerprint density at radius 3 is 1.86 bits per heavy atom. The first-order valence-corrected chi connectivity index (χ1v) is 8.67. The molecule has 150 valence electrons. The first kappa shape index (κ1) is 21.2. The van der Waals surface area contributed by atoms with Gasteiger partial charge in [-0.25, -0.2) is 30.4 Å². The molecular weight excluding hydrogens is 411 g/mol. The lowest BCUT2D eigenvalue weighted by atomic mass is 10.1. The van der Waals surface area contributed by atoms with Gasteiger partial charge in [-0.05, 0) is 30.3 Å². The predicted molar refractivity (Wildman–Crippen MR) is 88.9 cm³/mol. The van der Waals surface area contributed by atoms with Crippen LogP contribution in [0.1, 0.15) is 5.56 Å². The number of rotatable bonds is 6. The molecule has 0 fully saturated rings. The zero-order chi connectivity index (χ0) is 21.2. The molecule has 2 aromatic carbocycles. The Balaban J connectivity index is 2.57. The lowest BCUT2D eigenvalue weighted by Crippen LogP contribution is -2.26. The van der Waals surface area contributed by atoms with Crippen LogP contribution in [0.25, 0.3) is 6.08 Å². The number of anilines is 1. The molecule has 0 spiro atoms. The number of nitrogens with one attached hydrogen (secondary N) is 1. The third-order valence-electron chi connectivity index (χ3n) is 3.39. The zero-order valence-electron chi connectivity index (χ0n) is 13.9. The number of halogens is 5. The van der Waals surface area contributed by atoms with Crippen LogP contribution in [0.4, 0.5) is 27.6 Å². The third kappa shape index (κ3) is 4.06. The maximum absolute atomic E-state index is 13.8. The van der Waals surface area contributed by atoms with Gasteiger partial charge in [0.1, 0.15) is 5.75 Å². The fraction of sp³-hybridized carbons (Fsp3) is 0.0625. The summed E-state index contributed by atoms with van der Waals surface area (Å²) in [5, 5.41) is 0. The maximum atomic E-state index is 13.8. The monoisotopic (exact) mass is 422 g/mol. The van der Waals surface area contributed by atoms with Gasteiger partial charge in [-0.2, -0.15) is 0 Å². The van der Waals surface area contributed by atoms with E-state index in [9.17, 15) is 35.2 Å². The highest BCUT2D eigenvalue weighted by atomic mass is 32.2. The van der Waals surface area contributed by atoms with Crippen molar-refractivity contribution in [1.82, 2.24) is 0 Å². The van der Waals surface area contributed by atoms with E-state index in [0.29, 0.717) is 5.75 Å². The van der Waals surface area contributed by atoms with E-state index in [1.54, 1.807) is 0 Å². The summed E-state index contributed by atoms with van der Waals surface area (Å²) in [5.41, 5.74) is 3.20. The third-order valence-corrected chi connectivity index (χ3v) is 4.80. The van der Waals surface area contributed by atoms with Crippen molar-refractivity contribution < 1.29 is 39.9 Å². The highest BCUT2D eigenvalue weighted by molar-refractivity contribution is 7.97. The lowest BCUT2D eigenvalue weighted by molar-refractivity contribution is -0.113. The van der Waals surface area contributed by atoms with Gasteiger partial charge in [0, 0.05) is 5.69 Å². The van der Waals surface area contributed by atoms with Gasteiger partial charge in [0.15, 0.2) is 28.2 Å². The van der Waals surface area contributed by atoms with Crippen molar-refractivity contribution >= 4 is 27.7 Å². The second kappa shape index (κ2) is 7.84. The van der Waals surface area contributed by atoms with Gasteiger partial charge in [-0.15, -0.1) is 0 Å². The van der Waals surface area contributed by atoms with Gasteiger partial charge in [0.25, 0.3) is 15.9 Å². The largest absolute Gasteiger partial charge is 0.497 e. The van der Waals surface area contributed by atoms with Crippen LogP contribution in [0, 0.1) is 29.1 Å². The van der Waals surface area contributed by atoms with Crippen molar-refractivity contribution in [3.05, 3.63) is 63.8 Å². The number of amides is 1. The average Bonchev–Trinajstić information content (AvgIpc) is 2.64. The molecule has 0 aliphatic heterocycles. The molecule has 1 amide bonds. The maximum Gasteiger partial charge on any atom is 0.267 e. The van der Waals surface area contributed by atoms with Gasteiger partial charge in [0.05, 0.1) is 12.7 Å². The smallest absolute Gasteiger partial charge is 0.267 e. The van der Waals surface area contributed by atoms with E-state index in [1.165, 1.54) is 31.4 Å². The summed E-state index contributed by atoms with van der Waals surface area (Å²) >= 11 is 0. The number of hydrogen-bond acceptors (Lipinski definition) is 4. The Kier molecular flexibility index (Phi) is 5.92. The number of methoxy groups -OCH3 is 1. The van der Waals surface area contributed by atoms with Crippen molar-refractivity contribution in [2.24, 2.45) is 5.73 Å². The van der Waals surface area contributed by atoms with Gasteiger partial charge >= 0.3 is 0 Å². The van der Waals surface area contributed by atoms with Crippen LogP contribution in [-0.2, 0) is 14.8 Å². The van der Waals surface area contributed by atoms with Crippen molar-refractivity contribution in [1.29, 1.82) is 0 Å². The van der Waals surface area contributed by atoms with E-state index in [1.807, 2.05) is 4.72 Å². The van der Waals surface area contributed by atoms with Gasteiger partial charge in [-0.1, -0.05) is 0 Å². The molecule has 0 aromatic heterocycles. The van der Waals surface area contributed by atoms with Gasteiger partial charge in [-0.3, -0.25) is 9.52 Å². The van der Waals surface area contributed by atoms with Crippen LogP contribution >= 0.6 is 0 Å². The minimum absolute atomic E-state index is 0.0372. The van der Waals surface area contributed by atoms with Crippen LogP contribution in [0.3, 0.4) is 0 Å². The molecular formula is C16H11F5N2O4S. The summed E-state index contributed by atoms with van der Waals surface area (Å²) in [4.78, 5) is 10.1. The molecule has 0 heterocycles. The molecule has 0 unspecified atom stereocenters. The normalized spacial score (nSPS) is 12.0. The fourth-order valence-electron chi connectivity index (χ4n) is 2.03. The molecule has 12 heteroatoms. The van der Waals surface area contributed by atoms with Crippen LogP contribution < -0.4 is 15.2 Å². The average molecular weight is 422 g/mol. The minimum atomic E-state index is -4.84. The Morgan fingerprint density at radius 2 is 1.43 bits per heavy atom. The minimum Gasteiger partial charge on any atom is -0.497 e. The lowest BCUT2D eigenvalue weighted by Gasteiger charge is -2.11. The number of carbonyl (C=O) groups excluding carboxylic acids is 1. The fourth-order valence-corrected chi connectivity index (χ4v) is 3.12. The molecule has 0 atom stereocenters. The van der Waals surface area contributed by atoms with Crippen molar-refractivity contribution in [2.45, 2.75) is 0 Å². The standard InChI is InChI=1S/C16H11F5N2O4S/c1-27-8-4-2-7(3-5-8)23-28(25,26)10(16(22)24)6-9-11(17)13(19)15(21)14(20)12(9)18/h2-6,23H,1H3,(H2,22,24)/b10-6+. The van der Waals surface area contributed by atoms with E-state index >= 15 is 0 Å². The Morgan fingerprint density at radius 1 is 0.964 bits per heavy atom. The molecule has 2 aromatic rings. The highest BCUT2D eigenvalue weighted by Crippen LogP contribution is 2.26. The molecule has 0 saturated heterocycles. The molecule has 0 radical (unpaired) electrons. The van der Waals surface area contributed by atoms with Crippen molar-refractivity contribution in [3.8, 4) is 5.75 Å². The van der Waals surface area contributed by atoms with E-state index in [0.717, 1.165) is 0 Å². The van der Waals surface area contributed by atoms with Crippen molar-refractivity contribution in [2.75, 3.05) is 11.8 Å². The molecule has 3 N–H and O–H groups in total. The Labute approximate surface area is 155 Å². The number of ether oxygens (including phenoxy) is 1. The molecule has 0 aliphatic carbocycles. The number of primary amides is 1. The van der Waals surface area contributed by atoms with Gasteiger partial charge in [0.2, 0.25) is 5.82 Å². The summed E-state index contributed by atoms with van der Waals surface area (Å²) in [5.74, 6) is -13.0. The SMILES string of the molecule is COc1ccc(NS(=O)(=O)/C(=C/c2c(F)c(F)c(F)c(F)c2F)C(N)=O)cc1. The van der Waals surface area contributed by atoms with E-state index in [4.69, 9.17) is 10.5 Å². The molecule has 0 bridgehead atoms. The quantitative estimate of drug-likeness (QED) is 0.324. The van der Waals surface area contributed by atoms with Gasteiger partial charge < -0.3 is 10.5 Å². The first-order valence-electron chi connectivity index (χ1n) is 7.19. The topological polar surface area (TPSA) is 98.5 Å². The molecule has 0 saturated carbocycles. The van der Waals surface area contributed by atoms with Crippen LogP contribution in [-0.4, -0.2) is 21.4 Å². The summed E-state index contributed by atoms with van der Waals surface area (Å²) < 4.78 is 98.7. The number of nitrogens with two attached hydrogens (primary N) is 1. The zero-order valence-corrected chi connectivity index (χ0v) is 14.7. The van der Waals surface area contributed by atoms with E-state index < -0.39 is 55.5 Å². The molecule has 28 heavy (non-hydrogen) atoms. The Hall–Kier alpha value is -3.15. The number of benzene rings is 2. The summed E-state index contributed by atoms with van der Waals surface area (Å²) in [6.07, 6.45) is -0.0372. The van der Waals surface area contributed by atoms with Crippen molar-refractivity contribution in [3.63, 3.8) is 0 Å².